The second-order valence-electron chi connectivity index (χ2n) is 13.4. The Labute approximate surface area is 256 Å². The molecule has 0 heterocycles. The Morgan fingerprint density at radius 3 is 0.600 bits per heavy atom. The molecule has 0 aromatic heterocycles. The fourth-order valence-corrected chi connectivity index (χ4v) is 5.72. The predicted molar refractivity (Wildman–Crippen MR) is 186 cm³/mol. The molecule has 40 heavy (non-hydrogen) atoms. The Balaban J connectivity index is 0.00000471. The van der Waals surface area contributed by atoms with Gasteiger partial charge in [0.05, 0.1) is 0 Å². The van der Waals surface area contributed by atoms with Crippen molar-refractivity contribution in [2.45, 2.75) is 239 Å². The Hall–Kier alpha value is -0.0400. The third-order valence-corrected chi connectivity index (χ3v) is 8.77. The van der Waals surface area contributed by atoms with Crippen LogP contribution in [0.25, 0.3) is 0 Å². The van der Waals surface area contributed by atoms with Crippen LogP contribution in [0.4, 0.5) is 0 Å². The lowest BCUT2D eigenvalue weighted by Crippen LogP contribution is -2.16. The minimum absolute atomic E-state index is 1.25. The molecular weight excluding hydrogens is 482 g/mol. The van der Waals surface area contributed by atoms with E-state index in [1.807, 2.05) is 0 Å². The molecule has 1 heteroatoms. The van der Waals surface area contributed by atoms with Crippen molar-refractivity contribution in [3.05, 3.63) is 0 Å². The standard InChI is InChI=1S/C36H75N.C3H6/c1-3-5-7-9-11-13-15-17-19-21-23-25-27-29-31-33-35-37-36-34-32-30-28-26-24-22-20-18-16-14-12-10-8-6-4-2;1-2-3-1/h37H,3-36H2,1-2H3;1-3H2. The lowest BCUT2D eigenvalue weighted by molar-refractivity contribution is 0.515. The van der Waals surface area contributed by atoms with Gasteiger partial charge in [-0.15, -0.1) is 0 Å². The molecule has 0 bridgehead atoms. The molecule has 0 atom stereocenters. The summed E-state index contributed by atoms with van der Waals surface area (Å²) in [5.41, 5.74) is 0. The van der Waals surface area contributed by atoms with Crippen molar-refractivity contribution < 1.29 is 0 Å². The summed E-state index contributed by atoms with van der Waals surface area (Å²) in [5, 5.41) is 3.68. The maximum absolute atomic E-state index is 3.68. The van der Waals surface area contributed by atoms with E-state index in [2.05, 4.69) is 19.2 Å². The van der Waals surface area contributed by atoms with Crippen LogP contribution in [-0.2, 0) is 0 Å². The van der Waals surface area contributed by atoms with Gasteiger partial charge in [-0.05, 0) is 25.9 Å². The smallest absolute Gasteiger partial charge is 0.00489 e. The van der Waals surface area contributed by atoms with Crippen molar-refractivity contribution in [3.8, 4) is 0 Å². The first kappa shape index (κ1) is 40.0. The monoisotopic (exact) mass is 564 g/mol. The maximum atomic E-state index is 3.68. The molecule has 0 amide bonds. The third-order valence-electron chi connectivity index (χ3n) is 8.77. The Morgan fingerprint density at radius 2 is 0.425 bits per heavy atom. The number of rotatable bonds is 34. The van der Waals surface area contributed by atoms with Gasteiger partial charge in [-0.3, -0.25) is 0 Å². The van der Waals surface area contributed by atoms with Crippen LogP contribution in [-0.4, -0.2) is 13.1 Å². The van der Waals surface area contributed by atoms with Gasteiger partial charge in [-0.1, -0.05) is 226 Å². The summed E-state index contributed by atoms with van der Waals surface area (Å²) in [6.07, 6.45) is 51.2. The number of unbranched alkanes of at least 4 members (excludes halogenated alkanes) is 30. The van der Waals surface area contributed by atoms with Crippen molar-refractivity contribution in [2.24, 2.45) is 0 Å². The lowest BCUT2D eigenvalue weighted by Gasteiger charge is -2.06. The van der Waals surface area contributed by atoms with E-state index in [-0.39, 0.29) is 0 Å². The van der Waals surface area contributed by atoms with E-state index in [1.54, 1.807) is 0 Å². The van der Waals surface area contributed by atoms with E-state index >= 15 is 0 Å². The van der Waals surface area contributed by atoms with Gasteiger partial charge < -0.3 is 5.32 Å². The summed E-state index contributed by atoms with van der Waals surface area (Å²) in [5.74, 6) is 0. The van der Waals surface area contributed by atoms with Crippen molar-refractivity contribution in [3.63, 3.8) is 0 Å². The Bertz CT molecular complexity index is 367. The molecule has 1 rings (SSSR count). The van der Waals surface area contributed by atoms with Gasteiger partial charge >= 0.3 is 0 Å². The first-order chi connectivity index (χ1) is 19.9. The van der Waals surface area contributed by atoms with E-state index in [0.717, 1.165) is 0 Å². The summed E-state index contributed by atoms with van der Waals surface area (Å²) < 4.78 is 0. The summed E-state index contributed by atoms with van der Waals surface area (Å²) in [6.45, 7) is 7.11. The second-order valence-corrected chi connectivity index (χ2v) is 13.4. The molecular formula is C39H81N. The second kappa shape index (κ2) is 39.0. The van der Waals surface area contributed by atoms with E-state index in [1.165, 1.54) is 238 Å². The van der Waals surface area contributed by atoms with Gasteiger partial charge in [-0.2, -0.15) is 0 Å². The van der Waals surface area contributed by atoms with Gasteiger partial charge in [0.25, 0.3) is 0 Å². The fourth-order valence-electron chi connectivity index (χ4n) is 5.72. The SMILES string of the molecule is C1CC1.CCCCCCCCCCCCCCCCCCNCCCCCCCCCCCCCCCCCC. The number of hydrogen-bond acceptors (Lipinski definition) is 1. The largest absolute Gasteiger partial charge is 0.317 e. The molecule has 242 valence electrons. The first-order valence-electron chi connectivity index (χ1n) is 19.6. The zero-order chi connectivity index (χ0) is 28.9. The topological polar surface area (TPSA) is 12.0 Å². The molecule has 1 aliphatic rings. The van der Waals surface area contributed by atoms with Crippen LogP contribution in [0.15, 0.2) is 0 Å². The predicted octanol–water partition coefficient (Wildman–Crippen LogP) is 14.3. The average Bonchev–Trinajstić information content (AvgIpc) is 3.86. The Morgan fingerprint density at radius 1 is 0.250 bits per heavy atom. The molecule has 1 nitrogen and oxygen atoms in total. The molecule has 0 aromatic carbocycles. The fraction of sp³-hybridized carbons (Fsp3) is 1.00. The molecule has 0 aromatic rings. The molecule has 1 fully saturated rings. The van der Waals surface area contributed by atoms with Crippen LogP contribution in [0.5, 0.6) is 0 Å². The summed E-state index contributed by atoms with van der Waals surface area (Å²) in [4.78, 5) is 0. The van der Waals surface area contributed by atoms with Crippen LogP contribution in [0.3, 0.4) is 0 Å². The summed E-state index contributed by atoms with van der Waals surface area (Å²) >= 11 is 0. The number of hydrogen-bond donors (Lipinski definition) is 1. The minimum Gasteiger partial charge on any atom is -0.317 e. The normalized spacial score (nSPS) is 12.4. The summed E-state index contributed by atoms with van der Waals surface area (Å²) in [6, 6.07) is 0. The van der Waals surface area contributed by atoms with Crippen molar-refractivity contribution >= 4 is 0 Å². The molecule has 1 saturated carbocycles. The highest BCUT2D eigenvalue weighted by atomic mass is 14.8. The highest BCUT2D eigenvalue weighted by molar-refractivity contribution is 4.54. The van der Waals surface area contributed by atoms with Crippen molar-refractivity contribution in [2.75, 3.05) is 13.1 Å². The van der Waals surface area contributed by atoms with Crippen LogP contribution in [0.1, 0.15) is 239 Å². The van der Waals surface area contributed by atoms with E-state index in [0.29, 0.717) is 0 Å². The van der Waals surface area contributed by atoms with Gasteiger partial charge in [0, 0.05) is 0 Å². The molecule has 0 radical (unpaired) electrons. The minimum atomic E-state index is 1.25. The van der Waals surface area contributed by atoms with Gasteiger partial charge in [0.1, 0.15) is 0 Å². The van der Waals surface area contributed by atoms with Crippen LogP contribution >= 0.6 is 0 Å². The third kappa shape index (κ3) is 42.4. The van der Waals surface area contributed by atoms with Crippen LogP contribution < -0.4 is 5.32 Å². The van der Waals surface area contributed by atoms with Crippen LogP contribution in [0, 0.1) is 0 Å². The van der Waals surface area contributed by atoms with Gasteiger partial charge in [0.15, 0.2) is 0 Å². The lowest BCUT2D eigenvalue weighted by atomic mass is 10.0. The van der Waals surface area contributed by atoms with Crippen molar-refractivity contribution in [1.29, 1.82) is 0 Å². The zero-order valence-corrected chi connectivity index (χ0v) is 28.7. The molecule has 0 saturated heterocycles. The Kier molecular flexibility index (Phi) is 38.9. The molecule has 0 spiro atoms. The van der Waals surface area contributed by atoms with E-state index in [9.17, 15) is 0 Å². The van der Waals surface area contributed by atoms with E-state index in [4.69, 9.17) is 0 Å². The van der Waals surface area contributed by atoms with Gasteiger partial charge in [-0.25, -0.2) is 0 Å². The van der Waals surface area contributed by atoms with Crippen LogP contribution in [0.2, 0.25) is 0 Å². The quantitative estimate of drug-likeness (QED) is 0.0767. The highest BCUT2D eigenvalue weighted by Crippen LogP contribution is 2.16. The summed E-state index contributed by atoms with van der Waals surface area (Å²) in [7, 11) is 0. The highest BCUT2D eigenvalue weighted by Gasteiger charge is 1.97. The number of nitrogens with one attached hydrogen (secondary N) is 1. The first-order valence-corrected chi connectivity index (χ1v) is 19.6. The maximum Gasteiger partial charge on any atom is -0.00489 e. The molecule has 0 unspecified atom stereocenters. The van der Waals surface area contributed by atoms with Crippen molar-refractivity contribution in [1.82, 2.24) is 5.32 Å². The molecule has 1 aliphatic carbocycles. The molecule has 0 aliphatic heterocycles. The molecule has 1 N–H and O–H groups in total. The zero-order valence-electron chi connectivity index (χ0n) is 28.7. The average molecular weight is 564 g/mol. The van der Waals surface area contributed by atoms with E-state index < -0.39 is 0 Å². The van der Waals surface area contributed by atoms with Gasteiger partial charge in [0.2, 0.25) is 0 Å².